The minimum Gasteiger partial charge on any atom is -0.307 e. The van der Waals surface area contributed by atoms with E-state index in [4.69, 9.17) is 0 Å². The van der Waals surface area contributed by atoms with Gasteiger partial charge in [0, 0.05) is 6.04 Å². The van der Waals surface area contributed by atoms with E-state index in [0.717, 1.165) is 0 Å². The molecule has 0 aromatic heterocycles. The van der Waals surface area contributed by atoms with Gasteiger partial charge >= 0.3 is 0 Å². The second kappa shape index (κ2) is 5.61. The third-order valence-corrected chi connectivity index (χ3v) is 2.24. The maximum atomic E-state index is 13.5. The monoisotopic (exact) mass is 208 g/mol. The van der Waals surface area contributed by atoms with Crippen LogP contribution >= 0.6 is 0 Å². The average Bonchev–Trinajstić information content (AvgIpc) is 2.02. The summed E-state index contributed by atoms with van der Waals surface area (Å²) in [5.41, 5.74) is 0. The van der Waals surface area contributed by atoms with Crippen LogP contribution in [-0.4, -0.2) is 43.0 Å². The highest BCUT2D eigenvalue weighted by Crippen LogP contribution is 2.19. The zero-order valence-corrected chi connectivity index (χ0v) is 9.77. The van der Waals surface area contributed by atoms with Crippen molar-refractivity contribution in [3.8, 4) is 0 Å². The molecule has 0 heterocycles. The SMILES string of the molecule is CCN(C)CC(F)(F)C(C)NC(C)C. The molecule has 0 fully saturated rings. The smallest absolute Gasteiger partial charge is 0.275 e. The predicted octanol–water partition coefficient (Wildman–Crippen LogP) is 1.96. The summed E-state index contributed by atoms with van der Waals surface area (Å²) >= 11 is 0. The van der Waals surface area contributed by atoms with Gasteiger partial charge in [0.1, 0.15) is 0 Å². The maximum Gasteiger partial charge on any atom is 0.275 e. The molecule has 14 heavy (non-hydrogen) atoms. The van der Waals surface area contributed by atoms with E-state index in [0.29, 0.717) is 6.54 Å². The Morgan fingerprint density at radius 1 is 1.29 bits per heavy atom. The molecule has 0 aliphatic rings. The molecule has 2 nitrogen and oxygen atoms in total. The van der Waals surface area contributed by atoms with Crippen molar-refractivity contribution < 1.29 is 8.78 Å². The van der Waals surface area contributed by atoms with E-state index in [1.807, 2.05) is 20.8 Å². The van der Waals surface area contributed by atoms with Crippen LogP contribution in [0.5, 0.6) is 0 Å². The lowest BCUT2D eigenvalue weighted by molar-refractivity contribution is -0.0552. The Morgan fingerprint density at radius 2 is 1.79 bits per heavy atom. The van der Waals surface area contributed by atoms with E-state index < -0.39 is 12.0 Å². The van der Waals surface area contributed by atoms with Crippen LogP contribution in [0.25, 0.3) is 0 Å². The van der Waals surface area contributed by atoms with E-state index in [-0.39, 0.29) is 12.6 Å². The number of hydrogen-bond donors (Lipinski definition) is 1. The summed E-state index contributed by atoms with van der Waals surface area (Å²) in [5, 5.41) is 2.84. The molecule has 0 aromatic carbocycles. The van der Waals surface area contributed by atoms with Gasteiger partial charge in [0.2, 0.25) is 0 Å². The fourth-order valence-electron chi connectivity index (χ4n) is 1.23. The lowest BCUT2D eigenvalue weighted by Gasteiger charge is -2.29. The van der Waals surface area contributed by atoms with Crippen molar-refractivity contribution >= 4 is 0 Å². The summed E-state index contributed by atoms with van der Waals surface area (Å²) in [6.07, 6.45) is 0. The van der Waals surface area contributed by atoms with Gasteiger partial charge in [-0.15, -0.1) is 0 Å². The summed E-state index contributed by atoms with van der Waals surface area (Å²) in [7, 11) is 1.70. The topological polar surface area (TPSA) is 15.3 Å². The summed E-state index contributed by atoms with van der Waals surface area (Å²) in [6, 6.07) is -0.695. The van der Waals surface area contributed by atoms with Crippen molar-refractivity contribution in [2.24, 2.45) is 0 Å². The van der Waals surface area contributed by atoms with Crippen LogP contribution in [0.1, 0.15) is 27.7 Å². The van der Waals surface area contributed by atoms with Crippen molar-refractivity contribution in [2.75, 3.05) is 20.1 Å². The van der Waals surface area contributed by atoms with Crippen LogP contribution in [0.3, 0.4) is 0 Å². The first-order valence-corrected chi connectivity index (χ1v) is 5.12. The van der Waals surface area contributed by atoms with Gasteiger partial charge in [-0.25, -0.2) is 8.78 Å². The van der Waals surface area contributed by atoms with E-state index in [9.17, 15) is 8.78 Å². The molecule has 0 saturated carbocycles. The Kier molecular flexibility index (Phi) is 5.52. The third kappa shape index (κ3) is 4.86. The Labute approximate surface area is 85.7 Å². The second-order valence-electron chi connectivity index (χ2n) is 4.13. The Hall–Kier alpha value is -0.220. The molecule has 0 aromatic rings. The van der Waals surface area contributed by atoms with Gasteiger partial charge in [0.25, 0.3) is 5.92 Å². The molecule has 1 unspecified atom stereocenters. The largest absolute Gasteiger partial charge is 0.307 e. The summed E-state index contributed by atoms with van der Waals surface area (Å²) in [5.74, 6) is -2.67. The minimum atomic E-state index is -2.67. The first kappa shape index (κ1) is 13.8. The number of hydrogen-bond acceptors (Lipinski definition) is 2. The van der Waals surface area contributed by atoms with Crippen molar-refractivity contribution in [3.63, 3.8) is 0 Å². The number of nitrogens with one attached hydrogen (secondary N) is 1. The Bertz CT molecular complexity index is 160. The Balaban J connectivity index is 4.15. The average molecular weight is 208 g/mol. The van der Waals surface area contributed by atoms with E-state index in [2.05, 4.69) is 5.32 Å². The van der Waals surface area contributed by atoms with Gasteiger partial charge in [-0.2, -0.15) is 0 Å². The summed E-state index contributed by atoms with van der Waals surface area (Å²) in [6.45, 7) is 7.60. The van der Waals surface area contributed by atoms with Crippen LogP contribution in [0, 0.1) is 0 Å². The predicted molar refractivity (Wildman–Crippen MR) is 55.9 cm³/mol. The van der Waals surface area contributed by atoms with Crippen LogP contribution in [0.2, 0.25) is 0 Å². The molecule has 0 saturated heterocycles. The van der Waals surface area contributed by atoms with Crippen LogP contribution in [0.4, 0.5) is 8.78 Å². The molecular weight excluding hydrogens is 186 g/mol. The zero-order valence-electron chi connectivity index (χ0n) is 9.77. The van der Waals surface area contributed by atoms with E-state index in [1.54, 1.807) is 11.9 Å². The number of nitrogens with zero attached hydrogens (tertiary/aromatic N) is 1. The molecule has 0 aliphatic carbocycles. The van der Waals surface area contributed by atoms with Gasteiger partial charge in [0.05, 0.1) is 12.6 Å². The van der Waals surface area contributed by atoms with E-state index >= 15 is 0 Å². The number of alkyl halides is 2. The first-order chi connectivity index (χ1) is 6.29. The van der Waals surface area contributed by atoms with E-state index in [1.165, 1.54) is 6.92 Å². The lowest BCUT2D eigenvalue weighted by atomic mass is 10.1. The second-order valence-corrected chi connectivity index (χ2v) is 4.13. The van der Waals surface area contributed by atoms with Gasteiger partial charge in [0.15, 0.2) is 0 Å². The summed E-state index contributed by atoms with van der Waals surface area (Å²) in [4.78, 5) is 1.62. The van der Waals surface area contributed by atoms with Crippen molar-refractivity contribution in [1.29, 1.82) is 0 Å². The fourth-order valence-corrected chi connectivity index (χ4v) is 1.23. The molecular formula is C10H22F2N2. The highest BCUT2D eigenvalue weighted by molar-refractivity contribution is 4.83. The van der Waals surface area contributed by atoms with Crippen molar-refractivity contribution in [1.82, 2.24) is 10.2 Å². The molecule has 86 valence electrons. The Morgan fingerprint density at radius 3 is 2.14 bits per heavy atom. The quantitative estimate of drug-likeness (QED) is 0.718. The number of rotatable bonds is 6. The van der Waals surface area contributed by atoms with Crippen molar-refractivity contribution in [3.05, 3.63) is 0 Å². The molecule has 0 bridgehead atoms. The lowest BCUT2D eigenvalue weighted by Crippen LogP contribution is -2.51. The van der Waals surface area contributed by atoms with Crippen LogP contribution in [0.15, 0.2) is 0 Å². The fraction of sp³-hybridized carbons (Fsp3) is 1.00. The molecule has 0 spiro atoms. The molecule has 0 rings (SSSR count). The molecule has 1 atom stereocenters. The zero-order chi connectivity index (χ0) is 11.4. The van der Waals surface area contributed by atoms with Crippen LogP contribution < -0.4 is 5.32 Å². The summed E-state index contributed by atoms with van der Waals surface area (Å²) < 4.78 is 27.0. The van der Waals surface area contributed by atoms with Gasteiger partial charge in [-0.05, 0) is 20.5 Å². The first-order valence-electron chi connectivity index (χ1n) is 5.12. The molecule has 1 N–H and O–H groups in total. The number of halogens is 2. The van der Waals surface area contributed by atoms with Gasteiger partial charge < -0.3 is 10.2 Å². The standard InChI is InChI=1S/C10H22F2N2/c1-6-14(5)7-10(11,12)9(4)13-8(2)3/h8-9,13H,6-7H2,1-5H3. The van der Waals surface area contributed by atoms with Gasteiger partial charge in [-0.3, -0.25) is 0 Å². The van der Waals surface area contributed by atoms with Gasteiger partial charge in [-0.1, -0.05) is 20.8 Å². The molecule has 0 radical (unpaired) electrons. The van der Waals surface area contributed by atoms with Crippen molar-refractivity contribution in [2.45, 2.75) is 45.7 Å². The highest BCUT2D eigenvalue weighted by Gasteiger charge is 2.37. The molecule has 0 amide bonds. The molecule has 4 heteroatoms. The third-order valence-electron chi connectivity index (χ3n) is 2.24. The minimum absolute atomic E-state index is 0.0859. The normalized spacial score (nSPS) is 15.2. The highest BCUT2D eigenvalue weighted by atomic mass is 19.3. The maximum absolute atomic E-state index is 13.5. The molecule has 0 aliphatic heterocycles. The van der Waals surface area contributed by atoms with Crippen LogP contribution in [-0.2, 0) is 0 Å².